The van der Waals surface area contributed by atoms with Crippen LogP contribution in [0.15, 0.2) is 23.1 Å². The Morgan fingerprint density at radius 1 is 1.25 bits per heavy atom. The highest BCUT2D eigenvalue weighted by Gasteiger charge is 2.47. The molecule has 2 unspecified atom stereocenters. The fourth-order valence-corrected chi connectivity index (χ4v) is 5.84. The summed E-state index contributed by atoms with van der Waals surface area (Å²) in [6.07, 6.45) is 2.40. The number of rotatable bonds is 2. The van der Waals surface area contributed by atoms with E-state index in [9.17, 15) is 13.5 Å². The fourth-order valence-electron chi connectivity index (χ4n) is 3.51. The van der Waals surface area contributed by atoms with Crippen molar-refractivity contribution < 1.29 is 13.5 Å². The Hall–Kier alpha value is -0.620. The second kappa shape index (κ2) is 4.98. The molecule has 1 aromatic rings. The molecule has 2 aliphatic rings. The van der Waals surface area contributed by atoms with Crippen LogP contribution in [-0.4, -0.2) is 36.0 Å². The highest BCUT2D eigenvalue weighted by Crippen LogP contribution is 2.40. The van der Waals surface area contributed by atoms with Crippen LogP contribution >= 0.6 is 11.6 Å². The first-order chi connectivity index (χ1) is 9.39. The Labute approximate surface area is 124 Å². The lowest BCUT2D eigenvalue weighted by Gasteiger charge is -2.36. The fraction of sp³-hybridized carbons (Fsp3) is 0.571. The number of nitrogens with zero attached hydrogens (tertiary/aromatic N) is 1. The van der Waals surface area contributed by atoms with Gasteiger partial charge in [0.15, 0.2) is 0 Å². The first kappa shape index (κ1) is 14.3. The molecule has 4 nitrogen and oxygen atoms in total. The van der Waals surface area contributed by atoms with Crippen LogP contribution in [0.2, 0.25) is 5.02 Å². The molecule has 2 aliphatic heterocycles. The van der Waals surface area contributed by atoms with Gasteiger partial charge in [-0.15, -0.1) is 0 Å². The average Bonchev–Trinajstić information content (AvgIpc) is 2.62. The van der Waals surface area contributed by atoms with Crippen molar-refractivity contribution in [1.29, 1.82) is 0 Å². The van der Waals surface area contributed by atoms with E-state index in [0.29, 0.717) is 28.3 Å². The van der Waals surface area contributed by atoms with E-state index in [1.165, 1.54) is 0 Å². The summed E-state index contributed by atoms with van der Waals surface area (Å²) in [5.41, 5.74) is 0.669. The van der Waals surface area contributed by atoms with E-state index >= 15 is 0 Å². The molecule has 2 atom stereocenters. The Morgan fingerprint density at radius 3 is 2.40 bits per heavy atom. The number of hydrogen-bond donors (Lipinski definition) is 1. The molecular formula is C14H18ClNO3S. The van der Waals surface area contributed by atoms with Crippen molar-refractivity contribution in [3.05, 3.63) is 28.8 Å². The van der Waals surface area contributed by atoms with Crippen LogP contribution in [-0.2, 0) is 10.0 Å². The lowest BCUT2D eigenvalue weighted by Crippen LogP contribution is -2.47. The predicted octanol–water partition coefficient (Wildman–Crippen LogP) is 2.32. The van der Waals surface area contributed by atoms with Crippen LogP contribution in [0.5, 0.6) is 0 Å². The van der Waals surface area contributed by atoms with Gasteiger partial charge in [-0.25, -0.2) is 8.42 Å². The maximum absolute atomic E-state index is 12.9. The summed E-state index contributed by atoms with van der Waals surface area (Å²) in [5.74, 6) is 0. The van der Waals surface area contributed by atoms with E-state index in [2.05, 4.69) is 0 Å². The minimum absolute atomic E-state index is 0.0659. The lowest BCUT2D eigenvalue weighted by molar-refractivity contribution is 0.0768. The zero-order chi connectivity index (χ0) is 14.5. The summed E-state index contributed by atoms with van der Waals surface area (Å²) in [6, 6.07) is 4.74. The minimum atomic E-state index is -3.51. The van der Waals surface area contributed by atoms with Gasteiger partial charge in [-0.2, -0.15) is 4.31 Å². The quantitative estimate of drug-likeness (QED) is 0.911. The van der Waals surface area contributed by atoms with Crippen molar-refractivity contribution in [3.8, 4) is 0 Å². The van der Waals surface area contributed by atoms with E-state index in [0.717, 1.165) is 12.8 Å². The number of aliphatic hydroxyl groups excluding tert-OH is 1. The van der Waals surface area contributed by atoms with E-state index < -0.39 is 10.0 Å². The molecule has 0 saturated carbocycles. The third-order valence-corrected chi connectivity index (χ3v) is 6.73. The Bertz CT molecular complexity index is 617. The number of halogens is 1. The SMILES string of the molecule is Cc1cc(Cl)ccc1S(=O)(=O)N1C2CCC1CC(O)C2. The Balaban J connectivity index is 2.01. The Morgan fingerprint density at radius 2 is 1.85 bits per heavy atom. The van der Waals surface area contributed by atoms with Crippen molar-refractivity contribution in [2.24, 2.45) is 0 Å². The molecule has 0 amide bonds. The van der Waals surface area contributed by atoms with Gasteiger partial charge in [-0.05, 0) is 56.4 Å². The molecule has 0 aromatic heterocycles. The number of piperidine rings is 1. The molecule has 110 valence electrons. The molecule has 2 saturated heterocycles. The molecule has 0 aliphatic carbocycles. The van der Waals surface area contributed by atoms with Crippen LogP contribution < -0.4 is 0 Å². The van der Waals surface area contributed by atoms with Crippen molar-refractivity contribution in [3.63, 3.8) is 0 Å². The van der Waals surface area contributed by atoms with Crippen molar-refractivity contribution in [2.45, 2.75) is 55.7 Å². The monoisotopic (exact) mass is 315 g/mol. The van der Waals surface area contributed by atoms with E-state index in [-0.39, 0.29) is 18.2 Å². The largest absolute Gasteiger partial charge is 0.393 e. The van der Waals surface area contributed by atoms with Crippen molar-refractivity contribution >= 4 is 21.6 Å². The summed E-state index contributed by atoms with van der Waals surface area (Å²) < 4.78 is 27.4. The summed E-state index contributed by atoms with van der Waals surface area (Å²) in [6.45, 7) is 1.76. The topological polar surface area (TPSA) is 57.6 Å². The average molecular weight is 316 g/mol. The maximum atomic E-state index is 12.9. The zero-order valence-corrected chi connectivity index (χ0v) is 12.9. The number of benzene rings is 1. The third kappa shape index (κ3) is 2.26. The van der Waals surface area contributed by atoms with Crippen LogP contribution in [0.3, 0.4) is 0 Å². The molecule has 0 spiro atoms. The van der Waals surface area contributed by atoms with Crippen LogP contribution in [0, 0.1) is 6.92 Å². The first-order valence-electron chi connectivity index (χ1n) is 6.87. The number of hydrogen-bond acceptors (Lipinski definition) is 3. The lowest BCUT2D eigenvalue weighted by atomic mass is 10.0. The van der Waals surface area contributed by atoms with Crippen LogP contribution in [0.1, 0.15) is 31.2 Å². The van der Waals surface area contributed by atoms with Crippen LogP contribution in [0.25, 0.3) is 0 Å². The molecular weight excluding hydrogens is 298 g/mol. The van der Waals surface area contributed by atoms with Gasteiger partial charge in [0.05, 0.1) is 11.0 Å². The van der Waals surface area contributed by atoms with Crippen molar-refractivity contribution in [2.75, 3.05) is 0 Å². The highest BCUT2D eigenvalue weighted by atomic mass is 35.5. The van der Waals surface area contributed by atoms with Gasteiger partial charge in [-0.3, -0.25) is 0 Å². The molecule has 3 rings (SSSR count). The molecule has 0 radical (unpaired) electrons. The summed E-state index contributed by atoms with van der Waals surface area (Å²) in [7, 11) is -3.51. The van der Waals surface area contributed by atoms with E-state index in [4.69, 9.17) is 11.6 Å². The predicted molar refractivity (Wildman–Crippen MR) is 77.3 cm³/mol. The number of aryl methyl sites for hydroxylation is 1. The molecule has 2 bridgehead atoms. The van der Waals surface area contributed by atoms with Gasteiger partial charge < -0.3 is 5.11 Å². The maximum Gasteiger partial charge on any atom is 0.243 e. The number of sulfonamides is 1. The van der Waals surface area contributed by atoms with Gasteiger partial charge in [0.2, 0.25) is 10.0 Å². The number of aliphatic hydroxyl groups is 1. The second-order valence-electron chi connectivity index (χ2n) is 5.76. The molecule has 2 fully saturated rings. The summed E-state index contributed by atoms with van der Waals surface area (Å²) >= 11 is 5.90. The molecule has 20 heavy (non-hydrogen) atoms. The summed E-state index contributed by atoms with van der Waals surface area (Å²) in [5, 5.41) is 10.3. The van der Waals surface area contributed by atoms with E-state index in [1.54, 1.807) is 29.4 Å². The smallest absolute Gasteiger partial charge is 0.243 e. The first-order valence-corrected chi connectivity index (χ1v) is 8.69. The van der Waals surface area contributed by atoms with Gasteiger partial charge >= 0.3 is 0 Å². The minimum Gasteiger partial charge on any atom is -0.393 e. The second-order valence-corrected chi connectivity index (χ2v) is 8.00. The van der Waals surface area contributed by atoms with Gasteiger partial charge in [0.25, 0.3) is 0 Å². The summed E-state index contributed by atoms with van der Waals surface area (Å²) in [4.78, 5) is 0.329. The highest BCUT2D eigenvalue weighted by molar-refractivity contribution is 7.89. The van der Waals surface area contributed by atoms with Gasteiger partial charge in [0, 0.05) is 17.1 Å². The Kier molecular flexibility index (Phi) is 3.57. The normalized spacial score (nSPS) is 30.6. The van der Waals surface area contributed by atoms with Crippen LogP contribution in [0.4, 0.5) is 0 Å². The molecule has 1 aromatic carbocycles. The van der Waals surface area contributed by atoms with Gasteiger partial charge in [0.1, 0.15) is 0 Å². The van der Waals surface area contributed by atoms with Gasteiger partial charge in [-0.1, -0.05) is 11.6 Å². The molecule has 6 heteroatoms. The van der Waals surface area contributed by atoms with E-state index in [1.807, 2.05) is 0 Å². The molecule has 1 N–H and O–H groups in total. The number of fused-ring (bicyclic) bond motifs is 2. The third-order valence-electron chi connectivity index (χ3n) is 4.33. The zero-order valence-electron chi connectivity index (χ0n) is 11.3. The molecule has 2 heterocycles. The standard InChI is InChI=1S/C14H18ClNO3S/c1-9-6-10(15)2-5-14(9)20(18,19)16-11-3-4-12(16)8-13(17)7-11/h2,5-6,11-13,17H,3-4,7-8H2,1H3. The van der Waals surface area contributed by atoms with Crippen molar-refractivity contribution in [1.82, 2.24) is 4.31 Å².